The van der Waals surface area contributed by atoms with Crippen molar-refractivity contribution in [1.29, 1.82) is 5.26 Å². The Kier molecular flexibility index (Phi) is 3.88. The lowest BCUT2D eigenvalue weighted by atomic mass is 9.98. The smallest absolute Gasteiger partial charge is 0.103 e. The van der Waals surface area contributed by atoms with Gasteiger partial charge in [-0.2, -0.15) is 5.26 Å². The summed E-state index contributed by atoms with van der Waals surface area (Å²) < 4.78 is 0. The van der Waals surface area contributed by atoms with E-state index in [1.165, 1.54) is 0 Å². The summed E-state index contributed by atoms with van der Waals surface area (Å²) >= 11 is 6.02. The average molecular weight is 251 g/mol. The lowest BCUT2D eigenvalue weighted by Crippen LogP contribution is -2.37. The van der Waals surface area contributed by atoms with Crippen LogP contribution in [0.4, 0.5) is 5.69 Å². The van der Waals surface area contributed by atoms with Gasteiger partial charge in [0.1, 0.15) is 6.07 Å². The summed E-state index contributed by atoms with van der Waals surface area (Å²) in [6.07, 6.45) is 2.10. The Morgan fingerprint density at radius 2 is 2.35 bits per heavy atom. The molecule has 0 radical (unpaired) electrons. The minimum Gasteiger partial charge on any atom is -0.396 e. The molecule has 0 aromatic heterocycles. The van der Waals surface area contributed by atoms with Crippen molar-refractivity contribution < 1.29 is 5.11 Å². The summed E-state index contributed by atoms with van der Waals surface area (Å²) in [5, 5.41) is 18.9. The molecule has 0 aliphatic carbocycles. The number of anilines is 1. The third-order valence-corrected chi connectivity index (χ3v) is 3.54. The molecule has 0 bridgehead atoms. The normalized spacial score (nSPS) is 20.1. The lowest BCUT2D eigenvalue weighted by Gasteiger charge is -2.34. The first-order chi connectivity index (χ1) is 8.26. The molecule has 1 aliphatic rings. The van der Waals surface area contributed by atoms with Gasteiger partial charge in [0, 0.05) is 19.7 Å². The highest BCUT2D eigenvalue weighted by molar-refractivity contribution is 6.32. The minimum absolute atomic E-state index is 0.207. The molecule has 0 saturated carbocycles. The van der Waals surface area contributed by atoms with Crippen LogP contribution >= 0.6 is 11.6 Å². The van der Waals surface area contributed by atoms with Crippen molar-refractivity contribution in [1.82, 2.24) is 0 Å². The Balaban J connectivity index is 2.28. The number of hydrogen-bond acceptors (Lipinski definition) is 3. The summed E-state index contributed by atoms with van der Waals surface area (Å²) in [5.74, 6) is 0.300. The van der Waals surface area contributed by atoms with Crippen molar-refractivity contribution in [2.45, 2.75) is 12.8 Å². The van der Waals surface area contributed by atoms with Crippen molar-refractivity contribution in [3.05, 3.63) is 28.8 Å². The molecule has 1 fully saturated rings. The number of benzene rings is 1. The van der Waals surface area contributed by atoms with Gasteiger partial charge in [-0.3, -0.25) is 0 Å². The van der Waals surface area contributed by atoms with Crippen LogP contribution in [0.25, 0.3) is 0 Å². The molecule has 90 valence electrons. The Morgan fingerprint density at radius 3 is 3.06 bits per heavy atom. The highest BCUT2D eigenvalue weighted by Gasteiger charge is 2.21. The van der Waals surface area contributed by atoms with Crippen LogP contribution in [-0.4, -0.2) is 24.8 Å². The molecule has 1 atom stereocenters. The lowest BCUT2D eigenvalue weighted by molar-refractivity contribution is 0.208. The van der Waals surface area contributed by atoms with Crippen LogP contribution in [0.1, 0.15) is 18.4 Å². The molecule has 1 aliphatic heterocycles. The van der Waals surface area contributed by atoms with E-state index in [4.69, 9.17) is 16.9 Å². The van der Waals surface area contributed by atoms with Crippen LogP contribution in [0, 0.1) is 17.2 Å². The summed E-state index contributed by atoms with van der Waals surface area (Å²) in [4.78, 5) is 2.15. The number of hydrogen-bond donors (Lipinski definition) is 1. The molecule has 1 N–H and O–H groups in total. The van der Waals surface area contributed by atoms with Crippen LogP contribution < -0.4 is 4.90 Å². The van der Waals surface area contributed by atoms with E-state index in [1.54, 1.807) is 6.07 Å². The number of aliphatic hydroxyl groups excluding tert-OH is 1. The number of piperidine rings is 1. The second-order valence-electron chi connectivity index (χ2n) is 4.38. The zero-order chi connectivity index (χ0) is 12.3. The van der Waals surface area contributed by atoms with Crippen molar-refractivity contribution in [2.75, 3.05) is 24.6 Å². The van der Waals surface area contributed by atoms with Crippen molar-refractivity contribution in [3.63, 3.8) is 0 Å². The summed E-state index contributed by atoms with van der Waals surface area (Å²) in [6.45, 7) is 1.93. The van der Waals surface area contributed by atoms with E-state index in [0.717, 1.165) is 31.6 Å². The Bertz CT molecular complexity index is 442. The van der Waals surface area contributed by atoms with Crippen LogP contribution in [0.3, 0.4) is 0 Å². The summed E-state index contributed by atoms with van der Waals surface area (Å²) in [5.41, 5.74) is 1.42. The average Bonchev–Trinajstić information content (AvgIpc) is 2.38. The quantitative estimate of drug-likeness (QED) is 0.877. The topological polar surface area (TPSA) is 47.3 Å². The van der Waals surface area contributed by atoms with E-state index in [9.17, 15) is 5.11 Å². The Hall–Kier alpha value is -1.24. The molecule has 2 rings (SSSR count). The molecule has 1 aromatic carbocycles. The van der Waals surface area contributed by atoms with Gasteiger partial charge in [0.2, 0.25) is 0 Å². The van der Waals surface area contributed by atoms with Crippen molar-refractivity contribution in [2.24, 2.45) is 5.92 Å². The Labute approximate surface area is 106 Å². The van der Waals surface area contributed by atoms with E-state index in [0.29, 0.717) is 16.5 Å². The Morgan fingerprint density at radius 1 is 1.53 bits per heavy atom. The molecule has 17 heavy (non-hydrogen) atoms. The zero-order valence-corrected chi connectivity index (χ0v) is 10.3. The number of halogens is 1. The van der Waals surface area contributed by atoms with Crippen LogP contribution in [0.5, 0.6) is 0 Å². The summed E-state index contributed by atoms with van der Waals surface area (Å²) in [7, 11) is 0. The van der Waals surface area contributed by atoms with Gasteiger partial charge >= 0.3 is 0 Å². The second-order valence-corrected chi connectivity index (χ2v) is 4.79. The fourth-order valence-corrected chi connectivity index (χ4v) is 2.53. The third kappa shape index (κ3) is 2.54. The van der Waals surface area contributed by atoms with Crippen LogP contribution in [-0.2, 0) is 0 Å². The van der Waals surface area contributed by atoms with Crippen molar-refractivity contribution in [3.8, 4) is 6.07 Å². The predicted octanol–water partition coefficient (Wildman–Crippen LogP) is 2.42. The number of aliphatic hydroxyl groups is 1. The first kappa shape index (κ1) is 12.2. The standard InChI is InChI=1S/C13H15ClN2O/c14-12-4-1-5-13(11(12)7-15)16-6-2-3-10(8-16)9-17/h1,4-5,10,17H,2-3,6,8-9H2/t10-/m0/s1. The van der Waals surface area contributed by atoms with E-state index < -0.39 is 0 Å². The third-order valence-electron chi connectivity index (χ3n) is 3.22. The maximum atomic E-state index is 9.22. The van der Waals surface area contributed by atoms with Gasteiger partial charge < -0.3 is 10.0 Å². The molecule has 1 aromatic rings. The minimum atomic E-state index is 0.207. The number of nitrogens with zero attached hydrogens (tertiary/aromatic N) is 2. The maximum absolute atomic E-state index is 9.22. The molecule has 4 heteroatoms. The first-order valence-corrected chi connectivity index (χ1v) is 6.18. The van der Waals surface area contributed by atoms with Gasteiger partial charge in [-0.15, -0.1) is 0 Å². The molecule has 0 spiro atoms. The molecular weight excluding hydrogens is 236 g/mol. The van der Waals surface area contributed by atoms with E-state index >= 15 is 0 Å². The van der Waals surface area contributed by atoms with Gasteiger partial charge in [-0.25, -0.2) is 0 Å². The highest BCUT2D eigenvalue weighted by Crippen LogP contribution is 2.30. The predicted molar refractivity (Wildman–Crippen MR) is 68.2 cm³/mol. The molecular formula is C13H15ClN2O. The van der Waals surface area contributed by atoms with E-state index in [1.807, 2.05) is 12.1 Å². The van der Waals surface area contributed by atoms with Crippen molar-refractivity contribution >= 4 is 17.3 Å². The largest absolute Gasteiger partial charge is 0.396 e. The summed E-state index contributed by atoms with van der Waals surface area (Å²) in [6, 6.07) is 7.67. The van der Waals surface area contributed by atoms with Crippen LogP contribution in [0.15, 0.2) is 18.2 Å². The van der Waals surface area contributed by atoms with Gasteiger partial charge in [-0.1, -0.05) is 17.7 Å². The highest BCUT2D eigenvalue weighted by atomic mass is 35.5. The van der Waals surface area contributed by atoms with E-state index in [-0.39, 0.29) is 6.61 Å². The number of nitriles is 1. The molecule has 1 saturated heterocycles. The maximum Gasteiger partial charge on any atom is 0.103 e. The zero-order valence-electron chi connectivity index (χ0n) is 9.56. The van der Waals surface area contributed by atoms with Gasteiger partial charge in [0.05, 0.1) is 16.3 Å². The van der Waals surface area contributed by atoms with Gasteiger partial charge in [0.15, 0.2) is 0 Å². The molecule has 3 nitrogen and oxygen atoms in total. The first-order valence-electron chi connectivity index (χ1n) is 5.80. The van der Waals surface area contributed by atoms with Gasteiger partial charge in [0.25, 0.3) is 0 Å². The molecule has 0 unspecified atom stereocenters. The fraction of sp³-hybridized carbons (Fsp3) is 0.462. The monoisotopic (exact) mass is 250 g/mol. The fourth-order valence-electron chi connectivity index (χ4n) is 2.32. The SMILES string of the molecule is N#Cc1c(Cl)cccc1N1CCC[C@H](CO)C1. The van der Waals surface area contributed by atoms with E-state index in [2.05, 4.69) is 11.0 Å². The van der Waals surface area contributed by atoms with Crippen LogP contribution in [0.2, 0.25) is 5.02 Å². The molecule has 1 heterocycles. The second kappa shape index (κ2) is 5.39. The van der Waals surface area contributed by atoms with Gasteiger partial charge in [-0.05, 0) is 30.9 Å². The molecule has 0 amide bonds. The number of rotatable bonds is 2.